The first-order chi connectivity index (χ1) is 11.9. The van der Waals surface area contributed by atoms with Crippen molar-refractivity contribution in [2.45, 2.75) is 6.18 Å². The van der Waals surface area contributed by atoms with Crippen LogP contribution in [0.15, 0.2) is 54.2 Å². The van der Waals surface area contributed by atoms with E-state index in [0.29, 0.717) is 22.0 Å². The summed E-state index contributed by atoms with van der Waals surface area (Å²) >= 11 is 0. The van der Waals surface area contributed by atoms with Crippen LogP contribution in [0.1, 0.15) is 11.1 Å². The van der Waals surface area contributed by atoms with Gasteiger partial charge in [-0.25, -0.2) is 0 Å². The summed E-state index contributed by atoms with van der Waals surface area (Å²) in [5, 5.41) is 18.3. The summed E-state index contributed by atoms with van der Waals surface area (Å²) in [6, 6.07) is 13.9. The quantitative estimate of drug-likeness (QED) is 0.646. The molecule has 1 aromatic heterocycles. The molecular formula is C19H10F3N3. The first-order valence-corrected chi connectivity index (χ1v) is 7.23. The Labute approximate surface area is 141 Å². The van der Waals surface area contributed by atoms with E-state index in [4.69, 9.17) is 10.5 Å². The van der Waals surface area contributed by atoms with Crippen molar-refractivity contribution in [3.05, 3.63) is 65.4 Å². The fraction of sp³-hybridized carbons (Fsp3) is 0.0526. The van der Waals surface area contributed by atoms with Crippen LogP contribution in [-0.2, 0) is 6.18 Å². The number of halogens is 3. The average molecular weight is 337 g/mol. The molecule has 2 aromatic carbocycles. The van der Waals surface area contributed by atoms with Crippen molar-refractivity contribution < 1.29 is 13.2 Å². The van der Waals surface area contributed by atoms with Gasteiger partial charge in [0.15, 0.2) is 0 Å². The monoisotopic (exact) mass is 337 g/mol. The van der Waals surface area contributed by atoms with E-state index in [0.717, 1.165) is 6.07 Å². The number of aromatic amines is 1. The van der Waals surface area contributed by atoms with Crippen LogP contribution in [0.5, 0.6) is 0 Å². The van der Waals surface area contributed by atoms with Crippen molar-refractivity contribution in [3.63, 3.8) is 0 Å². The van der Waals surface area contributed by atoms with Crippen LogP contribution in [0.4, 0.5) is 13.2 Å². The molecule has 0 fully saturated rings. The zero-order valence-electron chi connectivity index (χ0n) is 12.7. The minimum Gasteiger partial charge on any atom is -0.361 e. The fourth-order valence-corrected chi connectivity index (χ4v) is 2.67. The van der Waals surface area contributed by atoms with Crippen LogP contribution in [0, 0.1) is 22.7 Å². The van der Waals surface area contributed by atoms with E-state index >= 15 is 0 Å². The number of nitrogens with zero attached hydrogens (tertiary/aromatic N) is 2. The third-order valence-electron chi connectivity index (χ3n) is 3.78. The largest absolute Gasteiger partial charge is 0.417 e. The van der Waals surface area contributed by atoms with Gasteiger partial charge in [0.05, 0.1) is 5.56 Å². The van der Waals surface area contributed by atoms with Crippen LogP contribution < -0.4 is 0 Å². The molecule has 0 saturated carbocycles. The number of hydrogen-bond donors (Lipinski definition) is 1. The lowest BCUT2D eigenvalue weighted by atomic mass is 9.98. The van der Waals surface area contributed by atoms with Crippen LogP contribution >= 0.6 is 0 Å². The molecule has 0 spiro atoms. The Morgan fingerprint density at radius 1 is 1.00 bits per heavy atom. The third-order valence-corrected chi connectivity index (χ3v) is 3.78. The Morgan fingerprint density at radius 2 is 1.72 bits per heavy atom. The standard InChI is InChI=1S/C19H10F3N3/c20-19(21,22)17-4-2-1-3-14(17)16-11-25-18-6-5-12(8-15(16)18)7-13(9-23)10-24/h1-8,11,25H. The predicted octanol–water partition coefficient (Wildman–Crippen LogP) is 5.28. The molecule has 0 radical (unpaired) electrons. The molecule has 0 unspecified atom stereocenters. The normalized spacial score (nSPS) is 10.9. The van der Waals surface area contributed by atoms with E-state index in [1.165, 1.54) is 24.4 Å². The molecule has 0 bridgehead atoms. The van der Waals surface area contributed by atoms with Gasteiger partial charge in [-0.15, -0.1) is 0 Å². The zero-order valence-corrected chi connectivity index (χ0v) is 12.7. The number of aromatic nitrogens is 1. The molecule has 6 heteroatoms. The highest BCUT2D eigenvalue weighted by atomic mass is 19.4. The van der Waals surface area contributed by atoms with Crippen LogP contribution in [0.3, 0.4) is 0 Å². The molecule has 0 aliphatic heterocycles. The van der Waals surface area contributed by atoms with Gasteiger partial charge in [0.2, 0.25) is 0 Å². The molecule has 1 N–H and O–H groups in total. The number of alkyl halides is 3. The summed E-state index contributed by atoms with van der Waals surface area (Å²) in [4.78, 5) is 2.96. The van der Waals surface area contributed by atoms with Crippen molar-refractivity contribution >= 4 is 17.0 Å². The van der Waals surface area contributed by atoms with Gasteiger partial charge < -0.3 is 4.98 Å². The summed E-state index contributed by atoms with van der Waals surface area (Å²) < 4.78 is 39.9. The van der Waals surface area contributed by atoms with Crippen molar-refractivity contribution in [1.82, 2.24) is 4.98 Å². The van der Waals surface area contributed by atoms with Crippen molar-refractivity contribution in [3.8, 4) is 23.3 Å². The predicted molar refractivity (Wildman–Crippen MR) is 87.9 cm³/mol. The van der Waals surface area contributed by atoms with Crippen molar-refractivity contribution in [1.29, 1.82) is 10.5 Å². The molecule has 0 aliphatic carbocycles. The summed E-state index contributed by atoms with van der Waals surface area (Å²) in [6.07, 6.45) is -1.55. The lowest BCUT2D eigenvalue weighted by Gasteiger charge is -2.12. The van der Waals surface area contributed by atoms with Crippen LogP contribution in [0.25, 0.3) is 28.1 Å². The second-order valence-electron chi connectivity index (χ2n) is 5.33. The lowest BCUT2D eigenvalue weighted by molar-refractivity contribution is -0.137. The molecule has 1 heterocycles. The second kappa shape index (κ2) is 6.18. The molecule has 0 atom stereocenters. The highest BCUT2D eigenvalue weighted by Crippen LogP contribution is 2.39. The molecule has 0 saturated heterocycles. The number of fused-ring (bicyclic) bond motifs is 1. The smallest absolute Gasteiger partial charge is 0.361 e. The van der Waals surface area contributed by atoms with E-state index in [-0.39, 0.29) is 11.1 Å². The Bertz CT molecular complexity index is 1040. The van der Waals surface area contributed by atoms with Gasteiger partial charge >= 0.3 is 6.18 Å². The van der Waals surface area contributed by atoms with E-state index in [1.807, 2.05) is 0 Å². The maximum Gasteiger partial charge on any atom is 0.417 e. The highest BCUT2D eigenvalue weighted by Gasteiger charge is 2.33. The number of nitrogens with one attached hydrogen (secondary N) is 1. The highest BCUT2D eigenvalue weighted by molar-refractivity contribution is 5.97. The molecule has 3 aromatic rings. The number of allylic oxidation sites excluding steroid dienone is 1. The Balaban J connectivity index is 2.22. The van der Waals surface area contributed by atoms with Crippen LogP contribution in [-0.4, -0.2) is 4.98 Å². The Morgan fingerprint density at radius 3 is 2.40 bits per heavy atom. The molecule has 122 valence electrons. The SMILES string of the molecule is N#CC(C#N)=Cc1ccc2[nH]cc(-c3ccccc3C(F)(F)F)c2c1. The second-order valence-corrected chi connectivity index (χ2v) is 5.33. The molecule has 0 aliphatic rings. The molecular weight excluding hydrogens is 327 g/mol. The first-order valence-electron chi connectivity index (χ1n) is 7.23. The number of nitriles is 2. The minimum atomic E-state index is -4.47. The van der Waals surface area contributed by atoms with Crippen molar-refractivity contribution in [2.75, 3.05) is 0 Å². The first kappa shape index (κ1) is 16.4. The van der Waals surface area contributed by atoms with Gasteiger partial charge in [-0.1, -0.05) is 24.3 Å². The number of benzene rings is 2. The molecule has 25 heavy (non-hydrogen) atoms. The Hall–Kier alpha value is -3.51. The molecule has 3 rings (SSSR count). The number of H-pyrrole nitrogens is 1. The number of rotatable bonds is 2. The van der Waals surface area contributed by atoms with E-state index in [2.05, 4.69) is 4.98 Å². The average Bonchev–Trinajstić information content (AvgIpc) is 3.02. The van der Waals surface area contributed by atoms with Gasteiger partial charge in [0.1, 0.15) is 17.7 Å². The lowest BCUT2D eigenvalue weighted by Crippen LogP contribution is -2.06. The maximum atomic E-state index is 13.3. The third kappa shape index (κ3) is 3.11. The van der Waals surface area contributed by atoms with E-state index in [1.54, 1.807) is 36.4 Å². The summed E-state index contributed by atoms with van der Waals surface area (Å²) in [5.74, 6) is 0. The zero-order chi connectivity index (χ0) is 18.0. The van der Waals surface area contributed by atoms with E-state index < -0.39 is 11.7 Å². The van der Waals surface area contributed by atoms with Crippen molar-refractivity contribution in [2.24, 2.45) is 0 Å². The van der Waals surface area contributed by atoms with Gasteiger partial charge in [-0.05, 0) is 35.4 Å². The van der Waals surface area contributed by atoms with Gasteiger partial charge in [-0.3, -0.25) is 0 Å². The van der Waals surface area contributed by atoms with Crippen LogP contribution in [0.2, 0.25) is 0 Å². The maximum absolute atomic E-state index is 13.3. The van der Waals surface area contributed by atoms with Gasteiger partial charge in [-0.2, -0.15) is 23.7 Å². The summed E-state index contributed by atoms with van der Waals surface area (Å²) in [5.41, 5.74) is 0.922. The van der Waals surface area contributed by atoms with Gasteiger partial charge in [0.25, 0.3) is 0 Å². The fourth-order valence-electron chi connectivity index (χ4n) is 2.67. The number of hydrogen-bond acceptors (Lipinski definition) is 2. The minimum absolute atomic E-state index is 0.0724. The molecule has 0 amide bonds. The summed E-state index contributed by atoms with van der Waals surface area (Å²) in [6.45, 7) is 0. The van der Waals surface area contributed by atoms with E-state index in [9.17, 15) is 13.2 Å². The van der Waals surface area contributed by atoms with Gasteiger partial charge in [0, 0.05) is 22.7 Å². The summed E-state index contributed by atoms with van der Waals surface area (Å²) in [7, 11) is 0. The molecule has 3 nitrogen and oxygen atoms in total. The Kier molecular flexibility index (Phi) is 4.04. The topological polar surface area (TPSA) is 63.4 Å².